The zero-order chi connectivity index (χ0) is 28.9. The zero-order valence-electron chi connectivity index (χ0n) is 24.1. The van der Waals surface area contributed by atoms with Crippen LogP contribution in [0.4, 0.5) is 4.39 Å². The van der Waals surface area contributed by atoms with Crippen LogP contribution in [0.2, 0.25) is 0 Å². The minimum Gasteiger partial charge on any atom is -0.490 e. The molecule has 42 heavy (non-hydrogen) atoms. The minimum absolute atomic E-state index is 0.0531. The van der Waals surface area contributed by atoms with Gasteiger partial charge in [-0.25, -0.2) is 9.07 Å². The number of ether oxygens (including phenoxy) is 2. The number of carbonyl (C=O) groups is 1. The van der Waals surface area contributed by atoms with Gasteiger partial charge in [0.05, 0.1) is 18.4 Å². The second-order valence-corrected chi connectivity index (χ2v) is 11.8. The molecule has 1 aromatic heterocycles. The number of aromatic nitrogens is 3. The molecule has 9 nitrogen and oxygen atoms in total. The van der Waals surface area contributed by atoms with E-state index in [2.05, 4.69) is 21.7 Å². The summed E-state index contributed by atoms with van der Waals surface area (Å²) in [6, 6.07) is 10.8. The van der Waals surface area contributed by atoms with Crippen LogP contribution < -0.4 is 20.5 Å². The van der Waals surface area contributed by atoms with Gasteiger partial charge >= 0.3 is 0 Å². The van der Waals surface area contributed by atoms with E-state index in [4.69, 9.17) is 15.2 Å². The van der Waals surface area contributed by atoms with Crippen molar-refractivity contribution in [2.45, 2.75) is 82.6 Å². The van der Waals surface area contributed by atoms with Crippen molar-refractivity contribution in [2.24, 2.45) is 5.73 Å². The molecule has 3 heterocycles. The quantitative estimate of drug-likeness (QED) is 0.389. The molecule has 3 aromatic rings. The second-order valence-electron chi connectivity index (χ2n) is 11.8. The van der Waals surface area contributed by atoms with E-state index in [-0.39, 0.29) is 23.9 Å². The van der Waals surface area contributed by atoms with Gasteiger partial charge in [0.25, 0.3) is 5.91 Å². The number of halogens is 1. The Morgan fingerprint density at radius 1 is 1.00 bits per heavy atom. The summed E-state index contributed by atoms with van der Waals surface area (Å²) in [6.07, 6.45) is 10.3. The molecule has 3 aliphatic rings. The number of amides is 1. The van der Waals surface area contributed by atoms with Crippen LogP contribution in [-0.2, 0) is 13.1 Å². The third-order valence-corrected chi connectivity index (χ3v) is 8.71. The molecule has 3 N–H and O–H groups in total. The largest absolute Gasteiger partial charge is 0.490 e. The van der Waals surface area contributed by atoms with E-state index >= 15 is 0 Å². The number of likely N-dealkylation sites (tertiary alicyclic amines) is 1. The number of rotatable bonds is 9. The number of benzene rings is 2. The summed E-state index contributed by atoms with van der Waals surface area (Å²) < 4.78 is 28.7. The molecular weight excluding hydrogens is 535 g/mol. The van der Waals surface area contributed by atoms with Crippen LogP contribution >= 0.6 is 0 Å². The highest BCUT2D eigenvalue weighted by molar-refractivity contribution is 5.94. The molecule has 2 saturated heterocycles. The third-order valence-electron chi connectivity index (χ3n) is 8.71. The summed E-state index contributed by atoms with van der Waals surface area (Å²) in [6.45, 7) is 3.72. The van der Waals surface area contributed by atoms with Gasteiger partial charge in [-0.05, 0) is 73.2 Å². The summed E-state index contributed by atoms with van der Waals surface area (Å²) in [5.41, 5.74) is 8.95. The highest BCUT2D eigenvalue weighted by atomic mass is 19.1. The minimum atomic E-state index is -0.361. The van der Waals surface area contributed by atoms with Crippen LogP contribution in [0.1, 0.15) is 84.5 Å². The van der Waals surface area contributed by atoms with Crippen molar-refractivity contribution in [1.82, 2.24) is 25.2 Å². The number of nitrogens with two attached hydrogens (primary N) is 1. The van der Waals surface area contributed by atoms with Gasteiger partial charge in [0.15, 0.2) is 0 Å². The first-order valence-corrected chi connectivity index (χ1v) is 15.4. The average Bonchev–Trinajstić information content (AvgIpc) is 3.70. The number of hydrogen-bond donors (Lipinski definition) is 2. The van der Waals surface area contributed by atoms with Gasteiger partial charge in [-0.2, -0.15) is 0 Å². The topological polar surface area (TPSA) is 108 Å². The maximum atomic E-state index is 14.4. The highest BCUT2D eigenvalue weighted by Gasteiger charge is 2.28. The molecule has 0 spiro atoms. The predicted molar refractivity (Wildman–Crippen MR) is 157 cm³/mol. The normalized spacial score (nSPS) is 20.1. The van der Waals surface area contributed by atoms with Gasteiger partial charge in [0.2, 0.25) is 0 Å². The lowest BCUT2D eigenvalue weighted by Crippen LogP contribution is -2.41. The number of carbonyl (C=O) groups excluding carboxylic acids is 1. The Bertz CT molecular complexity index is 1360. The Hall–Kier alpha value is -3.50. The van der Waals surface area contributed by atoms with Crippen molar-refractivity contribution in [3.8, 4) is 11.5 Å². The van der Waals surface area contributed by atoms with Crippen LogP contribution in [0, 0.1) is 5.82 Å². The first-order chi connectivity index (χ1) is 20.5. The third kappa shape index (κ3) is 6.93. The summed E-state index contributed by atoms with van der Waals surface area (Å²) in [5, 5.41) is 11.4. The van der Waals surface area contributed by atoms with Crippen molar-refractivity contribution in [1.29, 1.82) is 0 Å². The predicted octanol–water partition coefficient (Wildman–Crippen LogP) is 4.40. The van der Waals surface area contributed by atoms with Crippen molar-refractivity contribution < 1.29 is 18.7 Å². The number of piperidine rings is 1. The molecule has 1 atom stereocenters. The molecule has 10 heteroatoms. The SMILES string of the molecule is NCc1cn(Cc2cc(F)cc(OC3CCN(C(=O)c4ccc(O[C@H]5CCNC5)c(C5CCCCC5)c4)CC3)c2)nn1. The molecule has 1 amide bonds. The molecule has 1 aliphatic carbocycles. The van der Waals surface area contributed by atoms with E-state index in [1.807, 2.05) is 23.1 Å². The van der Waals surface area contributed by atoms with Crippen molar-refractivity contribution >= 4 is 5.91 Å². The molecule has 3 fully saturated rings. The Morgan fingerprint density at radius 3 is 2.57 bits per heavy atom. The first kappa shape index (κ1) is 28.6. The van der Waals surface area contributed by atoms with Crippen LogP contribution in [0.3, 0.4) is 0 Å². The molecule has 6 rings (SSSR count). The van der Waals surface area contributed by atoms with Gasteiger partial charge in [-0.3, -0.25) is 4.79 Å². The van der Waals surface area contributed by atoms with E-state index in [1.54, 1.807) is 10.9 Å². The van der Waals surface area contributed by atoms with E-state index < -0.39 is 0 Å². The van der Waals surface area contributed by atoms with Crippen LogP contribution in [0.25, 0.3) is 0 Å². The lowest BCUT2D eigenvalue weighted by Gasteiger charge is -2.33. The first-order valence-electron chi connectivity index (χ1n) is 15.4. The maximum Gasteiger partial charge on any atom is 0.253 e. The molecule has 224 valence electrons. The van der Waals surface area contributed by atoms with Gasteiger partial charge in [0, 0.05) is 50.7 Å². The smallest absolute Gasteiger partial charge is 0.253 e. The Labute approximate surface area is 246 Å². The molecule has 2 aromatic carbocycles. The molecule has 2 aliphatic heterocycles. The summed E-state index contributed by atoms with van der Waals surface area (Å²) in [7, 11) is 0. The fraction of sp³-hybridized carbons (Fsp3) is 0.531. The Balaban J connectivity index is 1.08. The number of nitrogens with one attached hydrogen (secondary N) is 1. The zero-order valence-corrected chi connectivity index (χ0v) is 24.1. The fourth-order valence-corrected chi connectivity index (χ4v) is 6.46. The highest BCUT2D eigenvalue weighted by Crippen LogP contribution is 2.39. The number of nitrogens with zero attached hydrogens (tertiary/aromatic N) is 4. The average molecular weight is 577 g/mol. The standard InChI is InChI=1S/C32H41FN6O3/c33-25-14-22(20-39-21-26(18-34)36-37-39)15-29(17-25)41-27-9-12-38(13-10-27)32(40)24-6-7-31(42-28-8-11-35-19-28)30(16-24)23-4-2-1-3-5-23/h6-7,14-17,21,23,27-28,35H,1-5,8-13,18-20,34H2/t28-/m0/s1. The lowest BCUT2D eigenvalue weighted by atomic mass is 9.83. The number of hydrogen-bond acceptors (Lipinski definition) is 7. The van der Waals surface area contributed by atoms with Crippen LogP contribution in [0.5, 0.6) is 11.5 Å². The van der Waals surface area contributed by atoms with Gasteiger partial charge in [-0.15, -0.1) is 5.10 Å². The van der Waals surface area contributed by atoms with Crippen molar-refractivity contribution in [3.05, 3.63) is 70.8 Å². The Kier molecular flexibility index (Phi) is 9.00. The van der Waals surface area contributed by atoms with Crippen molar-refractivity contribution in [3.63, 3.8) is 0 Å². The molecule has 0 unspecified atom stereocenters. The van der Waals surface area contributed by atoms with Crippen molar-refractivity contribution in [2.75, 3.05) is 26.2 Å². The fourth-order valence-electron chi connectivity index (χ4n) is 6.46. The summed E-state index contributed by atoms with van der Waals surface area (Å²) in [4.78, 5) is 15.5. The van der Waals surface area contributed by atoms with E-state index in [0.717, 1.165) is 49.2 Å². The molecular formula is C32H41FN6O3. The van der Waals surface area contributed by atoms with Gasteiger partial charge < -0.3 is 25.4 Å². The van der Waals surface area contributed by atoms with E-state index in [0.29, 0.717) is 56.4 Å². The molecule has 1 saturated carbocycles. The van der Waals surface area contributed by atoms with Crippen LogP contribution in [-0.4, -0.2) is 64.2 Å². The van der Waals surface area contributed by atoms with Crippen LogP contribution in [0.15, 0.2) is 42.6 Å². The monoisotopic (exact) mass is 576 g/mol. The lowest BCUT2D eigenvalue weighted by molar-refractivity contribution is 0.0595. The van der Waals surface area contributed by atoms with E-state index in [1.165, 1.54) is 37.0 Å². The van der Waals surface area contributed by atoms with Gasteiger partial charge in [0.1, 0.15) is 29.5 Å². The van der Waals surface area contributed by atoms with Gasteiger partial charge in [-0.1, -0.05) is 24.5 Å². The molecule has 0 radical (unpaired) electrons. The van der Waals surface area contributed by atoms with E-state index in [9.17, 15) is 9.18 Å². The summed E-state index contributed by atoms with van der Waals surface area (Å²) >= 11 is 0. The Morgan fingerprint density at radius 2 is 1.83 bits per heavy atom. The summed E-state index contributed by atoms with van der Waals surface area (Å²) in [5.74, 6) is 1.56. The second kappa shape index (κ2) is 13.2. The molecule has 0 bridgehead atoms. The maximum absolute atomic E-state index is 14.4.